The van der Waals surface area contributed by atoms with Gasteiger partial charge in [0.1, 0.15) is 0 Å². The second-order valence-corrected chi connectivity index (χ2v) is 9.19. The smallest absolute Gasteiger partial charge is 0.360 e. The molecule has 5 aromatic rings. The molecule has 1 amide bonds. The van der Waals surface area contributed by atoms with E-state index in [1.807, 2.05) is 0 Å². The Morgan fingerprint density at radius 1 is 1.03 bits per heavy atom. The number of thiazole rings is 1. The Kier molecular flexibility index (Phi) is 6.93. The first-order valence-electron chi connectivity index (χ1n) is 11.6. The maximum atomic E-state index is 13.1. The molecule has 1 atom stereocenters. The number of hydrogen-bond acceptors (Lipinski definition) is 9. The van der Waals surface area contributed by atoms with Gasteiger partial charge in [-0.2, -0.15) is 9.78 Å². The summed E-state index contributed by atoms with van der Waals surface area (Å²) in [5, 5.41) is 20.4. The molecule has 5 rings (SSSR count). The molecule has 39 heavy (non-hydrogen) atoms. The Balaban J connectivity index is 1.35. The van der Waals surface area contributed by atoms with Crippen LogP contribution in [-0.2, 0) is 9.53 Å². The third kappa shape index (κ3) is 5.26. The van der Waals surface area contributed by atoms with Gasteiger partial charge in [-0.15, -0.1) is 11.3 Å². The average molecular weight is 542 g/mol. The van der Waals surface area contributed by atoms with E-state index in [0.717, 1.165) is 16.0 Å². The van der Waals surface area contributed by atoms with Gasteiger partial charge in [-0.1, -0.05) is 48.5 Å². The fourth-order valence-electron chi connectivity index (χ4n) is 3.80. The Labute approximate surface area is 224 Å². The van der Waals surface area contributed by atoms with Crippen LogP contribution in [0.25, 0.3) is 27.7 Å². The summed E-state index contributed by atoms with van der Waals surface area (Å²) >= 11 is 1.12. The van der Waals surface area contributed by atoms with Gasteiger partial charge in [-0.25, -0.2) is 9.78 Å². The molecule has 0 aliphatic carbocycles. The van der Waals surface area contributed by atoms with Crippen LogP contribution in [0.3, 0.4) is 0 Å². The number of fused-ring (bicyclic) bond motifs is 1. The number of non-ortho nitro benzene ring substituents is 1. The Morgan fingerprint density at radius 3 is 2.49 bits per heavy atom. The molecule has 1 unspecified atom stereocenters. The number of esters is 1. The van der Waals surface area contributed by atoms with E-state index >= 15 is 0 Å². The van der Waals surface area contributed by atoms with Crippen LogP contribution in [-0.4, -0.2) is 37.7 Å². The molecule has 0 aliphatic rings. The summed E-state index contributed by atoms with van der Waals surface area (Å²) in [5.41, 5.74) is 0.843. The van der Waals surface area contributed by atoms with Crippen LogP contribution in [0.1, 0.15) is 17.4 Å². The Bertz CT molecular complexity index is 1780. The molecule has 0 aliphatic heterocycles. The number of carbonyl (C=O) groups excluding carboxylic acids is 2. The molecular weight excluding hydrogens is 522 g/mol. The van der Waals surface area contributed by atoms with E-state index in [9.17, 15) is 24.5 Å². The largest absolute Gasteiger partial charge is 0.448 e. The fraction of sp³-hybridized carbons (Fsp3) is 0.0741. The predicted octanol–water partition coefficient (Wildman–Crippen LogP) is 4.60. The Morgan fingerprint density at radius 2 is 1.74 bits per heavy atom. The number of ether oxygens (including phenoxy) is 1. The maximum Gasteiger partial charge on any atom is 0.360 e. The number of nitro benzene ring substituents is 1. The van der Waals surface area contributed by atoms with Crippen molar-refractivity contribution in [2.75, 3.05) is 5.32 Å². The molecule has 0 radical (unpaired) electrons. The SMILES string of the molecule is CC(OC(=O)c1nn(-c2ccccc2)c(=O)c2ccccc12)C(=O)Nc1nc(-c2cccc([N+](=O)[O-])c2)cs1. The topological polar surface area (TPSA) is 146 Å². The van der Waals surface area contributed by atoms with Gasteiger partial charge >= 0.3 is 5.97 Å². The van der Waals surface area contributed by atoms with E-state index in [4.69, 9.17) is 4.74 Å². The average Bonchev–Trinajstić information content (AvgIpc) is 3.42. The minimum absolute atomic E-state index is 0.0775. The quantitative estimate of drug-likeness (QED) is 0.179. The van der Waals surface area contributed by atoms with Crippen molar-refractivity contribution < 1.29 is 19.2 Å². The van der Waals surface area contributed by atoms with Gasteiger partial charge in [0.15, 0.2) is 16.9 Å². The lowest BCUT2D eigenvalue weighted by molar-refractivity contribution is -0.384. The van der Waals surface area contributed by atoms with Crippen molar-refractivity contribution >= 4 is 44.8 Å². The van der Waals surface area contributed by atoms with Crippen LogP contribution < -0.4 is 10.9 Å². The lowest BCUT2D eigenvalue weighted by Gasteiger charge is -2.14. The molecule has 0 saturated heterocycles. The molecule has 11 nitrogen and oxygen atoms in total. The second-order valence-electron chi connectivity index (χ2n) is 8.33. The van der Waals surface area contributed by atoms with E-state index < -0.39 is 28.5 Å². The van der Waals surface area contributed by atoms with E-state index in [1.165, 1.54) is 19.1 Å². The standard InChI is InChI=1S/C27H19N5O6S/c1-16(24(33)29-27-28-22(15-39-27)17-8-7-11-19(14-17)32(36)37)38-26(35)23-20-12-5-6-13-21(20)25(34)31(30-23)18-9-3-2-4-10-18/h2-16H,1H3,(H,28,29,33). The molecule has 2 heterocycles. The summed E-state index contributed by atoms with van der Waals surface area (Å²) in [6.45, 7) is 1.40. The molecule has 0 saturated carbocycles. The number of nitro groups is 1. The molecule has 194 valence electrons. The summed E-state index contributed by atoms with van der Waals surface area (Å²) in [5.74, 6) is -1.51. The number of nitrogens with zero attached hydrogens (tertiary/aromatic N) is 4. The minimum atomic E-state index is -1.22. The number of hydrogen-bond donors (Lipinski definition) is 1. The number of rotatable bonds is 7. The first-order valence-corrected chi connectivity index (χ1v) is 12.5. The highest BCUT2D eigenvalue weighted by atomic mass is 32.1. The number of aromatic nitrogens is 3. The summed E-state index contributed by atoms with van der Waals surface area (Å²) < 4.78 is 6.54. The number of benzene rings is 3. The highest BCUT2D eigenvalue weighted by Crippen LogP contribution is 2.27. The highest BCUT2D eigenvalue weighted by Gasteiger charge is 2.24. The van der Waals surface area contributed by atoms with Crippen LogP contribution in [0.4, 0.5) is 10.8 Å². The minimum Gasteiger partial charge on any atom is -0.448 e. The predicted molar refractivity (Wildman–Crippen MR) is 145 cm³/mol. The third-order valence-electron chi connectivity index (χ3n) is 5.74. The maximum absolute atomic E-state index is 13.1. The summed E-state index contributed by atoms with van der Waals surface area (Å²) in [6, 6.07) is 21.2. The molecule has 0 fully saturated rings. The highest BCUT2D eigenvalue weighted by molar-refractivity contribution is 7.14. The molecule has 0 bridgehead atoms. The lowest BCUT2D eigenvalue weighted by Crippen LogP contribution is -2.31. The van der Waals surface area contributed by atoms with Gasteiger partial charge in [0, 0.05) is 28.5 Å². The van der Waals surface area contributed by atoms with Gasteiger partial charge in [0.25, 0.3) is 17.2 Å². The summed E-state index contributed by atoms with van der Waals surface area (Å²) in [6.07, 6.45) is -1.22. The molecular formula is C27H19N5O6S. The van der Waals surface area contributed by atoms with Crippen molar-refractivity contribution in [3.8, 4) is 16.9 Å². The normalized spacial score (nSPS) is 11.6. The molecule has 12 heteroatoms. The van der Waals surface area contributed by atoms with Crippen molar-refractivity contribution in [2.45, 2.75) is 13.0 Å². The first-order chi connectivity index (χ1) is 18.8. The number of para-hydroxylation sites is 1. The van der Waals surface area contributed by atoms with Crippen molar-refractivity contribution in [1.82, 2.24) is 14.8 Å². The van der Waals surface area contributed by atoms with E-state index in [0.29, 0.717) is 22.3 Å². The third-order valence-corrected chi connectivity index (χ3v) is 6.50. The van der Waals surface area contributed by atoms with Crippen LogP contribution in [0.2, 0.25) is 0 Å². The van der Waals surface area contributed by atoms with Crippen LogP contribution in [0, 0.1) is 10.1 Å². The fourth-order valence-corrected chi connectivity index (χ4v) is 4.53. The van der Waals surface area contributed by atoms with E-state index in [1.54, 1.807) is 72.1 Å². The van der Waals surface area contributed by atoms with Gasteiger partial charge in [-0.3, -0.25) is 25.0 Å². The molecule has 2 aromatic heterocycles. The number of nitrogens with one attached hydrogen (secondary N) is 1. The van der Waals surface area contributed by atoms with Gasteiger partial charge < -0.3 is 4.74 Å². The molecule has 0 spiro atoms. The van der Waals surface area contributed by atoms with Gasteiger partial charge in [0.2, 0.25) is 0 Å². The van der Waals surface area contributed by atoms with E-state index in [2.05, 4.69) is 15.4 Å². The zero-order valence-electron chi connectivity index (χ0n) is 20.3. The number of carbonyl (C=O) groups is 2. The number of anilines is 1. The molecule has 1 N–H and O–H groups in total. The van der Waals surface area contributed by atoms with Crippen LogP contribution in [0.15, 0.2) is 89.0 Å². The zero-order valence-corrected chi connectivity index (χ0v) is 21.1. The summed E-state index contributed by atoms with van der Waals surface area (Å²) in [4.78, 5) is 53.8. The number of amides is 1. The second kappa shape index (κ2) is 10.6. The molecule has 3 aromatic carbocycles. The van der Waals surface area contributed by atoms with Crippen molar-refractivity contribution in [1.29, 1.82) is 0 Å². The monoisotopic (exact) mass is 541 g/mol. The van der Waals surface area contributed by atoms with Crippen molar-refractivity contribution in [3.05, 3.63) is 110 Å². The first kappa shape index (κ1) is 25.4. The zero-order chi connectivity index (χ0) is 27.5. The van der Waals surface area contributed by atoms with Crippen LogP contribution in [0.5, 0.6) is 0 Å². The lowest BCUT2D eigenvalue weighted by atomic mass is 10.1. The van der Waals surface area contributed by atoms with Gasteiger partial charge in [0.05, 0.1) is 21.7 Å². The van der Waals surface area contributed by atoms with Crippen LogP contribution >= 0.6 is 11.3 Å². The van der Waals surface area contributed by atoms with Crippen molar-refractivity contribution in [2.24, 2.45) is 0 Å². The van der Waals surface area contributed by atoms with Crippen molar-refractivity contribution in [3.63, 3.8) is 0 Å². The van der Waals surface area contributed by atoms with E-state index in [-0.39, 0.29) is 21.9 Å². The Hall–Kier alpha value is -5.23. The van der Waals surface area contributed by atoms with Gasteiger partial charge in [-0.05, 0) is 25.1 Å². The summed E-state index contributed by atoms with van der Waals surface area (Å²) in [7, 11) is 0.